The van der Waals surface area contributed by atoms with Crippen LogP contribution in [0.5, 0.6) is 0 Å². The maximum absolute atomic E-state index is 5.93. The Morgan fingerprint density at radius 2 is 2.25 bits per heavy atom. The molecule has 0 rings (SSSR count). The predicted octanol–water partition coefficient (Wildman–Crippen LogP) is 2.59. The summed E-state index contributed by atoms with van der Waals surface area (Å²) in [5.41, 5.74) is 8.21. The van der Waals surface area contributed by atoms with Crippen LogP contribution in [0.3, 0.4) is 0 Å². The van der Waals surface area contributed by atoms with Crippen molar-refractivity contribution in [2.24, 2.45) is 5.73 Å². The highest BCUT2D eigenvalue weighted by Gasteiger charge is 2.06. The molecule has 0 aromatic rings. The second kappa shape index (κ2) is 6.32. The van der Waals surface area contributed by atoms with E-state index in [1.165, 1.54) is 5.57 Å². The SMILES string of the molecule is C=C(/C(C)=C\C)[C@@H](N)CCSC. The highest BCUT2D eigenvalue weighted by Crippen LogP contribution is 2.13. The standard InChI is InChI=1S/C10H19NS/c1-5-8(2)9(3)10(11)6-7-12-4/h5,10H,3,6-7,11H2,1-2,4H3/b8-5-/t10-/m0/s1. The van der Waals surface area contributed by atoms with Crippen molar-refractivity contribution in [3.05, 3.63) is 23.8 Å². The van der Waals surface area contributed by atoms with Crippen molar-refractivity contribution < 1.29 is 0 Å². The molecule has 0 amide bonds. The Balaban J connectivity index is 3.93. The molecule has 0 bridgehead atoms. The number of nitrogens with two attached hydrogens (primary N) is 1. The molecule has 0 aromatic carbocycles. The van der Waals surface area contributed by atoms with Gasteiger partial charge in [-0.15, -0.1) is 0 Å². The molecule has 0 spiro atoms. The van der Waals surface area contributed by atoms with Crippen LogP contribution in [0.2, 0.25) is 0 Å². The maximum atomic E-state index is 5.93. The second-order valence-corrected chi connectivity index (χ2v) is 3.87. The number of allylic oxidation sites excluding steroid dienone is 1. The maximum Gasteiger partial charge on any atom is 0.0299 e. The fourth-order valence-electron chi connectivity index (χ4n) is 0.897. The Morgan fingerprint density at radius 1 is 1.67 bits per heavy atom. The van der Waals surface area contributed by atoms with E-state index in [9.17, 15) is 0 Å². The van der Waals surface area contributed by atoms with Gasteiger partial charge in [0.25, 0.3) is 0 Å². The second-order valence-electron chi connectivity index (χ2n) is 2.88. The van der Waals surface area contributed by atoms with Crippen LogP contribution < -0.4 is 5.73 Å². The van der Waals surface area contributed by atoms with Crippen LogP contribution >= 0.6 is 11.8 Å². The van der Waals surface area contributed by atoms with Gasteiger partial charge in [-0.25, -0.2) is 0 Å². The van der Waals surface area contributed by atoms with Gasteiger partial charge in [0.05, 0.1) is 0 Å². The fourth-order valence-corrected chi connectivity index (χ4v) is 1.39. The van der Waals surface area contributed by atoms with Crippen LogP contribution in [0.1, 0.15) is 20.3 Å². The normalized spacial score (nSPS) is 14.5. The van der Waals surface area contributed by atoms with Gasteiger partial charge in [0.1, 0.15) is 0 Å². The number of hydrogen-bond acceptors (Lipinski definition) is 2. The summed E-state index contributed by atoms with van der Waals surface area (Å²) in [5.74, 6) is 1.11. The predicted molar refractivity (Wildman–Crippen MR) is 59.5 cm³/mol. The largest absolute Gasteiger partial charge is 0.324 e. The van der Waals surface area contributed by atoms with Crippen molar-refractivity contribution >= 4 is 11.8 Å². The molecule has 1 nitrogen and oxygen atoms in total. The fraction of sp³-hybridized carbons (Fsp3) is 0.600. The number of rotatable bonds is 5. The summed E-state index contributed by atoms with van der Waals surface area (Å²) in [6.45, 7) is 8.05. The third-order valence-corrected chi connectivity index (χ3v) is 2.66. The van der Waals surface area contributed by atoms with Crippen LogP contribution in [0.25, 0.3) is 0 Å². The summed E-state index contributed by atoms with van der Waals surface area (Å²) in [6.07, 6.45) is 5.17. The molecule has 0 aliphatic heterocycles. The lowest BCUT2D eigenvalue weighted by atomic mass is 10.0. The Kier molecular flexibility index (Phi) is 6.21. The smallest absolute Gasteiger partial charge is 0.0299 e. The summed E-state index contributed by atoms with van der Waals surface area (Å²) in [4.78, 5) is 0. The molecule has 0 heterocycles. The van der Waals surface area contributed by atoms with E-state index in [1.807, 2.05) is 18.7 Å². The van der Waals surface area contributed by atoms with Crippen LogP contribution in [-0.4, -0.2) is 18.1 Å². The van der Waals surface area contributed by atoms with E-state index in [4.69, 9.17) is 5.73 Å². The minimum atomic E-state index is 0.133. The summed E-state index contributed by atoms with van der Waals surface area (Å²) in [5, 5.41) is 0. The Labute approximate surface area is 80.1 Å². The summed E-state index contributed by atoms with van der Waals surface area (Å²) in [7, 11) is 0. The van der Waals surface area contributed by atoms with Crippen molar-refractivity contribution in [1.29, 1.82) is 0 Å². The zero-order valence-electron chi connectivity index (χ0n) is 8.26. The van der Waals surface area contributed by atoms with Crippen LogP contribution in [-0.2, 0) is 0 Å². The van der Waals surface area contributed by atoms with Crippen molar-refractivity contribution in [1.82, 2.24) is 0 Å². The molecule has 0 aromatic heterocycles. The van der Waals surface area contributed by atoms with Crippen molar-refractivity contribution in [2.75, 3.05) is 12.0 Å². The summed E-state index contributed by atoms with van der Waals surface area (Å²) >= 11 is 1.83. The molecule has 2 heteroatoms. The Morgan fingerprint density at radius 3 is 2.67 bits per heavy atom. The first kappa shape index (κ1) is 11.8. The van der Waals surface area contributed by atoms with Gasteiger partial charge in [-0.05, 0) is 37.9 Å². The van der Waals surface area contributed by atoms with Gasteiger partial charge in [-0.2, -0.15) is 11.8 Å². The van der Waals surface area contributed by atoms with Gasteiger partial charge in [0.2, 0.25) is 0 Å². The topological polar surface area (TPSA) is 26.0 Å². The molecule has 0 saturated carbocycles. The lowest BCUT2D eigenvalue weighted by Crippen LogP contribution is -2.23. The molecule has 0 radical (unpaired) electrons. The lowest BCUT2D eigenvalue weighted by Gasteiger charge is -2.14. The highest BCUT2D eigenvalue weighted by atomic mass is 32.2. The minimum Gasteiger partial charge on any atom is -0.324 e. The van der Waals surface area contributed by atoms with Gasteiger partial charge in [0.15, 0.2) is 0 Å². The third-order valence-electron chi connectivity index (χ3n) is 2.02. The zero-order chi connectivity index (χ0) is 9.56. The van der Waals surface area contributed by atoms with E-state index in [1.54, 1.807) is 0 Å². The van der Waals surface area contributed by atoms with Gasteiger partial charge in [-0.1, -0.05) is 18.2 Å². The molecule has 0 fully saturated rings. The Hall–Kier alpha value is -0.210. The van der Waals surface area contributed by atoms with Gasteiger partial charge in [-0.3, -0.25) is 0 Å². The zero-order valence-corrected chi connectivity index (χ0v) is 9.08. The molecule has 0 unspecified atom stereocenters. The molecule has 12 heavy (non-hydrogen) atoms. The molecule has 0 saturated heterocycles. The van der Waals surface area contributed by atoms with Crippen molar-refractivity contribution in [2.45, 2.75) is 26.3 Å². The van der Waals surface area contributed by atoms with Gasteiger partial charge in [0, 0.05) is 6.04 Å². The van der Waals surface area contributed by atoms with Crippen molar-refractivity contribution in [3.8, 4) is 0 Å². The first-order valence-corrected chi connectivity index (χ1v) is 5.59. The van der Waals surface area contributed by atoms with E-state index in [0.29, 0.717) is 0 Å². The molecule has 0 aliphatic rings. The third kappa shape index (κ3) is 3.98. The van der Waals surface area contributed by atoms with Crippen LogP contribution in [0.15, 0.2) is 23.8 Å². The van der Waals surface area contributed by atoms with Gasteiger partial charge >= 0.3 is 0 Å². The highest BCUT2D eigenvalue weighted by molar-refractivity contribution is 7.98. The summed E-state index contributed by atoms with van der Waals surface area (Å²) in [6, 6.07) is 0.133. The summed E-state index contributed by atoms with van der Waals surface area (Å²) < 4.78 is 0. The molecule has 2 N–H and O–H groups in total. The minimum absolute atomic E-state index is 0.133. The monoisotopic (exact) mass is 185 g/mol. The van der Waals surface area contributed by atoms with E-state index < -0.39 is 0 Å². The molecule has 1 atom stereocenters. The molecule has 70 valence electrons. The van der Waals surface area contributed by atoms with E-state index in [0.717, 1.165) is 17.7 Å². The average molecular weight is 185 g/mol. The van der Waals surface area contributed by atoms with Crippen molar-refractivity contribution in [3.63, 3.8) is 0 Å². The van der Waals surface area contributed by atoms with E-state index in [2.05, 4.69) is 25.8 Å². The first-order valence-electron chi connectivity index (χ1n) is 4.20. The first-order chi connectivity index (χ1) is 5.63. The average Bonchev–Trinajstić information content (AvgIpc) is 2.11. The molecular formula is C10H19NS. The quantitative estimate of drug-likeness (QED) is 0.666. The van der Waals surface area contributed by atoms with Crippen LogP contribution in [0.4, 0.5) is 0 Å². The number of hydrogen-bond donors (Lipinski definition) is 1. The molecular weight excluding hydrogens is 166 g/mol. The Bertz CT molecular complexity index is 173. The molecule has 0 aliphatic carbocycles. The lowest BCUT2D eigenvalue weighted by molar-refractivity contribution is 0.755. The van der Waals surface area contributed by atoms with Gasteiger partial charge < -0.3 is 5.73 Å². The van der Waals surface area contributed by atoms with E-state index >= 15 is 0 Å². The van der Waals surface area contributed by atoms with Crippen LogP contribution in [0, 0.1) is 0 Å². The van der Waals surface area contributed by atoms with E-state index in [-0.39, 0.29) is 6.04 Å². The number of thioether (sulfide) groups is 1.